The Morgan fingerprint density at radius 2 is 1.81 bits per heavy atom. The van der Waals surface area contributed by atoms with Crippen LogP contribution in [0.4, 0.5) is 0 Å². The first-order valence-corrected chi connectivity index (χ1v) is 6.12. The van der Waals surface area contributed by atoms with Crippen LogP contribution in [0.2, 0.25) is 0 Å². The summed E-state index contributed by atoms with van der Waals surface area (Å²) in [7, 11) is 0. The summed E-state index contributed by atoms with van der Waals surface area (Å²) in [5, 5.41) is 13.6. The Balaban J connectivity index is 2.65. The smallest absolute Gasteiger partial charge is 0.0880 e. The van der Waals surface area contributed by atoms with Crippen LogP contribution in [0.5, 0.6) is 0 Å². The highest BCUT2D eigenvalue weighted by atomic mass is 16.3. The van der Waals surface area contributed by atoms with E-state index in [1.54, 1.807) is 0 Å². The van der Waals surface area contributed by atoms with Gasteiger partial charge in [0, 0.05) is 0 Å². The Kier molecular flexibility index (Phi) is 4.97. The van der Waals surface area contributed by atoms with Gasteiger partial charge in [-0.25, -0.2) is 0 Å². The normalized spacial score (nSPS) is 14.8. The lowest BCUT2D eigenvalue weighted by Gasteiger charge is -2.24. The molecule has 2 nitrogen and oxygen atoms in total. The number of hydrogen-bond donors (Lipinski definition) is 2. The van der Waals surface area contributed by atoms with Gasteiger partial charge in [0.2, 0.25) is 0 Å². The highest BCUT2D eigenvalue weighted by Gasteiger charge is 2.21. The fraction of sp³-hybridized carbons (Fsp3) is 0.571. The van der Waals surface area contributed by atoms with Crippen molar-refractivity contribution in [3.05, 3.63) is 35.4 Å². The molecule has 0 bridgehead atoms. The lowest BCUT2D eigenvalue weighted by atomic mass is 9.91. The molecule has 0 amide bonds. The van der Waals surface area contributed by atoms with Crippen molar-refractivity contribution in [1.29, 1.82) is 0 Å². The number of rotatable bonds is 6. The third-order valence-corrected chi connectivity index (χ3v) is 3.02. The molecule has 0 heterocycles. The van der Waals surface area contributed by atoms with E-state index in [9.17, 15) is 5.11 Å². The number of benzene rings is 1. The van der Waals surface area contributed by atoms with Crippen LogP contribution in [0.3, 0.4) is 0 Å². The Bertz CT molecular complexity index is 303. The molecule has 0 fully saturated rings. The molecule has 1 aromatic rings. The van der Waals surface area contributed by atoms with Gasteiger partial charge in [-0.2, -0.15) is 0 Å². The summed E-state index contributed by atoms with van der Waals surface area (Å²) in [5.74, 6) is 0. The molecule has 0 spiro atoms. The maximum Gasteiger partial charge on any atom is 0.0880 e. The summed E-state index contributed by atoms with van der Waals surface area (Å²) < 4.78 is 0. The van der Waals surface area contributed by atoms with Gasteiger partial charge in [-0.1, -0.05) is 38.1 Å². The number of aryl methyl sites for hydroxylation is 1. The lowest BCUT2D eigenvalue weighted by molar-refractivity contribution is 0.0481. The SMILES string of the molecule is CCNCCC(C)(O)c1ccc(CC)cc1. The Hall–Kier alpha value is -0.860. The molecule has 0 aromatic heterocycles. The first kappa shape index (κ1) is 13.2. The van der Waals surface area contributed by atoms with Crippen molar-refractivity contribution in [1.82, 2.24) is 5.32 Å². The van der Waals surface area contributed by atoms with Crippen molar-refractivity contribution >= 4 is 0 Å². The maximum absolute atomic E-state index is 10.3. The molecular formula is C14H23NO. The third-order valence-electron chi connectivity index (χ3n) is 3.02. The summed E-state index contributed by atoms with van der Waals surface area (Å²) in [4.78, 5) is 0. The zero-order chi connectivity index (χ0) is 12.0. The quantitative estimate of drug-likeness (QED) is 0.723. The van der Waals surface area contributed by atoms with E-state index in [1.165, 1.54) is 5.56 Å². The van der Waals surface area contributed by atoms with Crippen molar-refractivity contribution in [2.45, 2.75) is 39.2 Å². The third kappa shape index (κ3) is 3.62. The standard InChI is InChI=1S/C14H23NO/c1-4-12-6-8-13(9-7-12)14(3,16)10-11-15-5-2/h6-9,15-16H,4-5,10-11H2,1-3H3. The van der Waals surface area contributed by atoms with E-state index in [0.717, 1.165) is 31.5 Å². The van der Waals surface area contributed by atoms with Crippen LogP contribution < -0.4 is 5.32 Å². The van der Waals surface area contributed by atoms with Gasteiger partial charge < -0.3 is 10.4 Å². The summed E-state index contributed by atoms with van der Waals surface area (Å²) in [6, 6.07) is 8.25. The van der Waals surface area contributed by atoms with E-state index in [4.69, 9.17) is 0 Å². The molecule has 2 heteroatoms. The first-order valence-electron chi connectivity index (χ1n) is 6.12. The van der Waals surface area contributed by atoms with Crippen LogP contribution >= 0.6 is 0 Å². The van der Waals surface area contributed by atoms with Crippen LogP contribution in [0, 0.1) is 0 Å². The monoisotopic (exact) mass is 221 g/mol. The Morgan fingerprint density at radius 1 is 1.19 bits per heavy atom. The minimum absolute atomic E-state index is 0.728. The van der Waals surface area contributed by atoms with Crippen molar-refractivity contribution in [2.24, 2.45) is 0 Å². The fourth-order valence-corrected chi connectivity index (χ4v) is 1.75. The zero-order valence-electron chi connectivity index (χ0n) is 10.6. The van der Waals surface area contributed by atoms with E-state index in [2.05, 4.69) is 31.3 Å². The second kappa shape index (κ2) is 6.02. The second-order valence-electron chi connectivity index (χ2n) is 4.43. The molecule has 1 atom stereocenters. The van der Waals surface area contributed by atoms with E-state index < -0.39 is 5.60 Å². The van der Waals surface area contributed by atoms with Crippen LogP contribution in [0.1, 0.15) is 38.3 Å². The van der Waals surface area contributed by atoms with Gasteiger partial charge in [0.05, 0.1) is 5.60 Å². The van der Waals surface area contributed by atoms with E-state index in [0.29, 0.717) is 0 Å². The van der Waals surface area contributed by atoms with Crippen LogP contribution in [0.25, 0.3) is 0 Å². The molecule has 1 unspecified atom stereocenters. The fourth-order valence-electron chi connectivity index (χ4n) is 1.75. The topological polar surface area (TPSA) is 32.3 Å². The molecule has 0 radical (unpaired) electrons. The van der Waals surface area contributed by atoms with Gasteiger partial charge in [0.25, 0.3) is 0 Å². The minimum atomic E-state index is -0.728. The van der Waals surface area contributed by atoms with Crippen molar-refractivity contribution in [3.63, 3.8) is 0 Å². The van der Waals surface area contributed by atoms with Gasteiger partial charge in [-0.05, 0) is 44.0 Å². The molecule has 1 aromatic carbocycles. The molecule has 0 saturated carbocycles. The Morgan fingerprint density at radius 3 is 2.31 bits per heavy atom. The van der Waals surface area contributed by atoms with Gasteiger partial charge >= 0.3 is 0 Å². The van der Waals surface area contributed by atoms with Crippen molar-refractivity contribution in [3.8, 4) is 0 Å². The van der Waals surface area contributed by atoms with E-state index in [1.807, 2.05) is 19.1 Å². The van der Waals surface area contributed by atoms with Crippen LogP contribution in [0.15, 0.2) is 24.3 Å². The van der Waals surface area contributed by atoms with Gasteiger partial charge in [0.1, 0.15) is 0 Å². The molecule has 2 N–H and O–H groups in total. The molecule has 0 saturated heterocycles. The molecule has 0 aliphatic heterocycles. The van der Waals surface area contributed by atoms with Gasteiger partial charge in [-0.3, -0.25) is 0 Å². The first-order chi connectivity index (χ1) is 7.60. The molecule has 90 valence electrons. The van der Waals surface area contributed by atoms with Crippen LogP contribution in [-0.4, -0.2) is 18.2 Å². The van der Waals surface area contributed by atoms with Crippen LogP contribution in [-0.2, 0) is 12.0 Å². The van der Waals surface area contributed by atoms with Gasteiger partial charge in [0.15, 0.2) is 0 Å². The largest absolute Gasteiger partial charge is 0.385 e. The number of hydrogen-bond acceptors (Lipinski definition) is 2. The average molecular weight is 221 g/mol. The summed E-state index contributed by atoms with van der Waals surface area (Å²) in [5.41, 5.74) is 1.59. The maximum atomic E-state index is 10.3. The van der Waals surface area contributed by atoms with Gasteiger partial charge in [-0.15, -0.1) is 0 Å². The highest BCUT2D eigenvalue weighted by molar-refractivity contribution is 5.26. The number of nitrogens with one attached hydrogen (secondary N) is 1. The predicted octanol–water partition coefficient (Wildman–Crippen LogP) is 2.46. The summed E-state index contributed by atoms with van der Waals surface area (Å²) in [6.45, 7) is 7.89. The average Bonchev–Trinajstić information content (AvgIpc) is 2.29. The molecule has 0 aliphatic carbocycles. The molecule has 1 rings (SSSR count). The summed E-state index contributed by atoms with van der Waals surface area (Å²) in [6.07, 6.45) is 1.78. The molecule has 16 heavy (non-hydrogen) atoms. The highest BCUT2D eigenvalue weighted by Crippen LogP contribution is 2.24. The van der Waals surface area contributed by atoms with Crippen molar-refractivity contribution in [2.75, 3.05) is 13.1 Å². The zero-order valence-corrected chi connectivity index (χ0v) is 10.6. The molecular weight excluding hydrogens is 198 g/mol. The van der Waals surface area contributed by atoms with Crippen molar-refractivity contribution < 1.29 is 5.11 Å². The second-order valence-corrected chi connectivity index (χ2v) is 4.43. The Labute approximate surface area is 98.7 Å². The minimum Gasteiger partial charge on any atom is -0.385 e. The predicted molar refractivity (Wildman–Crippen MR) is 68.6 cm³/mol. The van der Waals surface area contributed by atoms with E-state index >= 15 is 0 Å². The van der Waals surface area contributed by atoms with E-state index in [-0.39, 0.29) is 0 Å². The summed E-state index contributed by atoms with van der Waals surface area (Å²) >= 11 is 0. The lowest BCUT2D eigenvalue weighted by Crippen LogP contribution is -2.27. The number of aliphatic hydroxyl groups is 1. The molecule has 0 aliphatic rings.